The second kappa shape index (κ2) is 3.72. The van der Waals surface area contributed by atoms with Gasteiger partial charge in [0.1, 0.15) is 6.23 Å². The van der Waals surface area contributed by atoms with Gasteiger partial charge in [-0.1, -0.05) is 0 Å². The predicted molar refractivity (Wildman–Crippen MR) is 53.3 cm³/mol. The number of sulfonamides is 1. The van der Waals surface area contributed by atoms with Gasteiger partial charge in [0.05, 0.1) is 4.91 Å². The third kappa shape index (κ3) is 2.34. The molecule has 5 nitrogen and oxygen atoms in total. The molecule has 14 heavy (non-hydrogen) atoms. The van der Waals surface area contributed by atoms with Crippen LogP contribution in [0.2, 0.25) is 0 Å². The van der Waals surface area contributed by atoms with Crippen LogP contribution in [-0.2, 0) is 10.0 Å². The minimum Gasteiger partial charge on any atom is -0.370 e. The number of rotatable bonds is 2. The van der Waals surface area contributed by atoms with Crippen molar-refractivity contribution >= 4 is 10.0 Å². The lowest BCUT2D eigenvalue weighted by molar-refractivity contribution is 0.0564. The maximum Gasteiger partial charge on any atom is 0.239 e. The summed E-state index contributed by atoms with van der Waals surface area (Å²) in [6.07, 6.45) is 3.25. The molecule has 0 aromatic carbocycles. The number of hydrogen-bond acceptors (Lipinski definition) is 4. The molecule has 80 valence electrons. The largest absolute Gasteiger partial charge is 0.370 e. The first-order valence-corrected chi connectivity index (χ1v) is 5.75. The minimum atomic E-state index is -3.69. The van der Waals surface area contributed by atoms with E-state index in [1.807, 2.05) is 13.8 Å². The van der Waals surface area contributed by atoms with Gasteiger partial charge in [0.2, 0.25) is 10.0 Å². The van der Waals surface area contributed by atoms with Gasteiger partial charge in [0, 0.05) is 12.2 Å². The van der Waals surface area contributed by atoms with Gasteiger partial charge in [0.25, 0.3) is 0 Å². The van der Waals surface area contributed by atoms with Crippen LogP contribution in [0.15, 0.2) is 23.3 Å². The zero-order chi connectivity index (χ0) is 10.9. The van der Waals surface area contributed by atoms with E-state index < -0.39 is 16.3 Å². The molecule has 1 rings (SSSR count). The highest BCUT2D eigenvalue weighted by Crippen LogP contribution is 2.17. The number of aliphatic hydroxyl groups is 1. The molecule has 0 radical (unpaired) electrons. The lowest BCUT2D eigenvalue weighted by atomic mass is 10.2. The van der Waals surface area contributed by atoms with E-state index in [0.717, 1.165) is 0 Å². The summed E-state index contributed by atoms with van der Waals surface area (Å²) in [5, 5.41) is 14.4. The molecule has 0 saturated heterocycles. The van der Waals surface area contributed by atoms with Crippen LogP contribution >= 0.6 is 0 Å². The molecule has 1 heterocycles. The minimum absolute atomic E-state index is 0.00620. The lowest BCUT2D eigenvalue weighted by Gasteiger charge is -2.31. The first-order chi connectivity index (χ1) is 6.32. The summed E-state index contributed by atoms with van der Waals surface area (Å²) < 4.78 is 22.0. The number of nitrogens with zero attached hydrogens (tertiary/aromatic N) is 1. The van der Waals surface area contributed by atoms with Crippen LogP contribution in [0.3, 0.4) is 0 Å². The number of nitrogens with two attached hydrogens (primary N) is 1. The molecule has 3 N–H and O–H groups in total. The van der Waals surface area contributed by atoms with Gasteiger partial charge in [0.15, 0.2) is 0 Å². The highest BCUT2D eigenvalue weighted by atomic mass is 32.2. The number of primary sulfonamides is 1. The van der Waals surface area contributed by atoms with Crippen molar-refractivity contribution in [3.05, 3.63) is 23.3 Å². The van der Waals surface area contributed by atoms with E-state index in [9.17, 15) is 13.5 Å². The fraction of sp³-hybridized carbons (Fsp3) is 0.500. The Hall–Kier alpha value is -0.850. The average Bonchev–Trinajstić information content (AvgIpc) is 2.02. The summed E-state index contributed by atoms with van der Waals surface area (Å²) in [4.78, 5) is 1.52. The Kier molecular flexibility index (Phi) is 2.98. The van der Waals surface area contributed by atoms with E-state index in [1.54, 1.807) is 0 Å². The van der Waals surface area contributed by atoms with Crippen LogP contribution in [-0.4, -0.2) is 30.7 Å². The van der Waals surface area contributed by atoms with Crippen molar-refractivity contribution in [3.8, 4) is 0 Å². The molecular weight excluding hydrogens is 204 g/mol. The summed E-state index contributed by atoms with van der Waals surface area (Å²) >= 11 is 0. The molecule has 6 heteroatoms. The SMILES string of the molecule is CC(C)N1C=C(S(N)(=O)=O)C=CC1O. The van der Waals surface area contributed by atoms with E-state index >= 15 is 0 Å². The topological polar surface area (TPSA) is 83.6 Å². The molecule has 1 aliphatic heterocycles. The molecule has 0 aliphatic carbocycles. The van der Waals surface area contributed by atoms with Crippen LogP contribution in [0.5, 0.6) is 0 Å². The fourth-order valence-corrected chi connectivity index (χ4v) is 1.71. The summed E-state index contributed by atoms with van der Waals surface area (Å²) in [5.41, 5.74) is 0. The van der Waals surface area contributed by atoms with Gasteiger partial charge in [-0.05, 0) is 26.0 Å². The smallest absolute Gasteiger partial charge is 0.239 e. The molecule has 0 spiro atoms. The highest BCUT2D eigenvalue weighted by molar-refractivity contribution is 7.93. The van der Waals surface area contributed by atoms with Crippen LogP contribution in [0, 0.1) is 0 Å². The highest BCUT2D eigenvalue weighted by Gasteiger charge is 2.21. The zero-order valence-corrected chi connectivity index (χ0v) is 8.90. The Labute approximate surface area is 83.6 Å². The second-order valence-corrected chi connectivity index (χ2v) is 4.95. The Morgan fingerprint density at radius 3 is 2.57 bits per heavy atom. The summed E-state index contributed by atoms with van der Waals surface area (Å²) in [7, 11) is -3.69. The van der Waals surface area contributed by atoms with Crippen molar-refractivity contribution < 1.29 is 13.5 Å². The van der Waals surface area contributed by atoms with Crippen LogP contribution in [0.1, 0.15) is 13.8 Å². The Morgan fingerprint density at radius 1 is 1.57 bits per heavy atom. The first-order valence-electron chi connectivity index (χ1n) is 4.20. The van der Waals surface area contributed by atoms with E-state index in [-0.39, 0.29) is 10.9 Å². The van der Waals surface area contributed by atoms with E-state index in [2.05, 4.69) is 0 Å². The standard InChI is InChI=1S/C8H14N2O3S/c1-6(2)10-5-7(14(9,12)13)3-4-8(10)11/h3-6,8,11H,1-2H3,(H2,9,12,13). The molecule has 0 saturated carbocycles. The van der Waals surface area contributed by atoms with Crippen molar-refractivity contribution in [2.45, 2.75) is 26.1 Å². The number of hydrogen-bond donors (Lipinski definition) is 2. The van der Waals surface area contributed by atoms with E-state index in [1.165, 1.54) is 23.3 Å². The third-order valence-electron chi connectivity index (χ3n) is 1.94. The Morgan fingerprint density at radius 2 is 2.14 bits per heavy atom. The first kappa shape index (κ1) is 11.2. The molecule has 0 fully saturated rings. The van der Waals surface area contributed by atoms with Gasteiger partial charge < -0.3 is 10.0 Å². The summed E-state index contributed by atoms with van der Waals surface area (Å²) in [6.45, 7) is 3.69. The maximum atomic E-state index is 11.0. The van der Waals surface area contributed by atoms with Crippen molar-refractivity contribution in [1.29, 1.82) is 0 Å². The third-order valence-corrected chi connectivity index (χ3v) is 2.84. The van der Waals surface area contributed by atoms with Crippen molar-refractivity contribution in [2.24, 2.45) is 5.14 Å². The van der Waals surface area contributed by atoms with Crippen molar-refractivity contribution in [1.82, 2.24) is 4.90 Å². The Balaban J connectivity index is 3.03. The van der Waals surface area contributed by atoms with Gasteiger partial charge >= 0.3 is 0 Å². The normalized spacial score (nSPS) is 22.8. The second-order valence-electron chi connectivity index (χ2n) is 3.39. The fourth-order valence-electron chi connectivity index (χ4n) is 1.17. The summed E-state index contributed by atoms with van der Waals surface area (Å²) in [6, 6.07) is 0.00620. The average molecular weight is 218 g/mol. The monoisotopic (exact) mass is 218 g/mol. The lowest BCUT2D eigenvalue weighted by Crippen LogP contribution is -2.37. The molecular formula is C8H14N2O3S. The number of aliphatic hydroxyl groups excluding tert-OH is 1. The van der Waals surface area contributed by atoms with E-state index in [0.29, 0.717) is 0 Å². The molecule has 0 aromatic rings. The number of allylic oxidation sites excluding steroid dienone is 1. The van der Waals surface area contributed by atoms with E-state index in [4.69, 9.17) is 5.14 Å². The van der Waals surface area contributed by atoms with Gasteiger partial charge in [-0.25, -0.2) is 13.6 Å². The molecule has 0 bridgehead atoms. The quantitative estimate of drug-likeness (QED) is 0.667. The van der Waals surface area contributed by atoms with Gasteiger partial charge in [-0.3, -0.25) is 0 Å². The maximum absolute atomic E-state index is 11.0. The molecule has 1 unspecified atom stereocenters. The van der Waals surface area contributed by atoms with Crippen LogP contribution in [0.25, 0.3) is 0 Å². The van der Waals surface area contributed by atoms with Gasteiger partial charge in [-0.2, -0.15) is 0 Å². The molecule has 1 atom stereocenters. The van der Waals surface area contributed by atoms with Crippen molar-refractivity contribution in [3.63, 3.8) is 0 Å². The van der Waals surface area contributed by atoms with Gasteiger partial charge in [-0.15, -0.1) is 0 Å². The predicted octanol–water partition coefficient (Wildman–Crippen LogP) is -0.285. The zero-order valence-electron chi connectivity index (χ0n) is 8.08. The Bertz CT molecular complexity index is 370. The van der Waals surface area contributed by atoms with Crippen LogP contribution in [0.4, 0.5) is 0 Å². The molecule has 0 aromatic heterocycles. The van der Waals surface area contributed by atoms with Crippen LogP contribution < -0.4 is 5.14 Å². The molecule has 1 aliphatic rings. The summed E-state index contributed by atoms with van der Waals surface area (Å²) in [5.74, 6) is 0. The van der Waals surface area contributed by atoms with Crippen molar-refractivity contribution in [2.75, 3.05) is 0 Å². The molecule has 0 amide bonds.